The molecular formula is C14H18N2O5. The van der Waals surface area contributed by atoms with Gasteiger partial charge >= 0.3 is 6.03 Å². The topological polar surface area (TPSA) is 108 Å². The van der Waals surface area contributed by atoms with E-state index in [1.54, 1.807) is 6.07 Å². The number of ether oxygens (including phenoxy) is 2. The van der Waals surface area contributed by atoms with Crippen molar-refractivity contribution in [1.29, 1.82) is 0 Å². The SMILES string of the molecule is CCCOc1ccc(C=O)c(O[C@@H](C)C(=O)NC(N)=O)c1. The summed E-state index contributed by atoms with van der Waals surface area (Å²) in [5.74, 6) is 0.0323. The van der Waals surface area contributed by atoms with E-state index in [0.29, 0.717) is 18.6 Å². The minimum absolute atomic E-state index is 0.200. The Hall–Kier alpha value is -2.57. The van der Waals surface area contributed by atoms with E-state index < -0.39 is 18.0 Å². The summed E-state index contributed by atoms with van der Waals surface area (Å²) in [5.41, 5.74) is 5.13. The van der Waals surface area contributed by atoms with Crippen LogP contribution in [0, 0.1) is 0 Å². The molecule has 0 unspecified atom stereocenters. The zero-order valence-electron chi connectivity index (χ0n) is 11.9. The molecule has 0 fully saturated rings. The van der Waals surface area contributed by atoms with Gasteiger partial charge in [-0.2, -0.15) is 0 Å². The molecule has 7 nitrogen and oxygen atoms in total. The molecule has 0 saturated carbocycles. The number of carbonyl (C=O) groups excluding carboxylic acids is 3. The Kier molecular flexibility index (Phi) is 6.19. The minimum Gasteiger partial charge on any atom is -0.493 e. The number of primary amides is 1. The summed E-state index contributed by atoms with van der Waals surface area (Å²) in [4.78, 5) is 33.2. The van der Waals surface area contributed by atoms with Crippen molar-refractivity contribution in [3.63, 3.8) is 0 Å². The van der Waals surface area contributed by atoms with Crippen LogP contribution in [0.1, 0.15) is 30.6 Å². The van der Waals surface area contributed by atoms with E-state index in [-0.39, 0.29) is 11.3 Å². The first-order valence-corrected chi connectivity index (χ1v) is 6.47. The molecule has 114 valence electrons. The molecule has 21 heavy (non-hydrogen) atoms. The van der Waals surface area contributed by atoms with E-state index in [2.05, 4.69) is 0 Å². The molecule has 7 heteroatoms. The number of aldehydes is 1. The van der Waals surface area contributed by atoms with Crippen molar-refractivity contribution in [2.45, 2.75) is 26.4 Å². The molecule has 1 rings (SSSR count). The van der Waals surface area contributed by atoms with Gasteiger partial charge in [-0.25, -0.2) is 4.79 Å². The summed E-state index contributed by atoms with van der Waals surface area (Å²) < 4.78 is 10.8. The highest BCUT2D eigenvalue weighted by atomic mass is 16.5. The van der Waals surface area contributed by atoms with Crippen molar-refractivity contribution >= 4 is 18.2 Å². The van der Waals surface area contributed by atoms with Crippen molar-refractivity contribution in [3.05, 3.63) is 23.8 Å². The van der Waals surface area contributed by atoms with Crippen LogP contribution >= 0.6 is 0 Å². The fraction of sp³-hybridized carbons (Fsp3) is 0.357. The predicted molar refractivity (Wildman–Crippen MR) is 75.4 cm³/mol. The normalized spacial score (nSPS) is 11.3. The molecule has 0 aromatic heterocycles. The number of urea groups is 1. The van der Waals surface area contributed by atoms with Crippen molar-refractivity contribution < 1.29 is 23.9 Å². The monoisotopic (exact) mass is 294 g/mol. The molecule has 0 heterocycles. The molecule has 0 saturated heterocycles. The molecule has 0 radical (unpaired) electrons. The minimum atomic E-state index is -0.988. The molecule has 1 aromatic rings. The van der Waals surface area contributed by atoms with Crippen LogP contribution in [0.2, 0.25) is 0 Å². The number of hydrogen-bond acceptors (Lipinski definition) is 5. The fourth-order valence-corrected chi connectivity index (χ4v) is 1.49. The molecule has 0 bridgehead atoms. The lowest BCUT2D eigenvalue weighted by Gasteiger charge is -2.16. The molecule has 0 spiro atoms. The van der Waals surface area contributed by atoms with Crippen LogP contribution in [0.25, 0.3) is 0 Å². The summed E-state index contributed by atoms with van der Waals surface area (Å²) in [6.45, 7) is 3.93. The largest absolute Gasteiger partial charge is 0.493 e. The average molecular weight is 294 g/mol. The van der Waals surface area contributed by atoms with E-state index in [1.807, 2.05) is 12.2 Å². The molecule has 0 aliphatic carbocycles. The van der Waals surface area contributed by atoms with Crippen LogP contribution in [0.5, 0.6) is 11.5 Å². The third kappa shape index (κ3) is 5.13. The van der Waals surface area contributed by atoms with Gasteiger partial charge in [0.05, 0.1) is 12.2 Å². The number of carbonyl (C=O) groups is 3. The number of rotatable bonds is 7. The van der Waals surface area contributed by atoms with Gasteiger partial charge in [-0.05, 0) is 25.5 Å². The smallest absolute Gasteiger partial charge is 0.318 e. The van der Waals surface area contributed by atoms with Gasteiger partial charge in [0.2, 0.25) is 0 Å². The van der Waals surface area contributed by atoms with Crippen LogP contribution in [-0.4, -0.2) is 30.9 Å². The first-order valence-electron chi connectivity index (χ1n) is 6.47. The van der Waals surface area contributed by atoms with Crippen LogP contribution in [0.3, 0.4) is 0 Å². The summed E-state index contributed by atoms with van der Waals surface area (Å²) in [5, 5.41) is 1.90. The third-order valence-electron chi connectivity index (χ3n) is 2.50. The Morgan fingerprint density at radius 1 is 1.43 bits per heavy atom. The Morgan fingerprint density at radius 2 is 2.14 bits per heavy atom. The van der Waals surface area contributed by atoms with Crippen molar-refractivity contribution in [1.82, 2.24) is 5.32 Å². The Labute approximate surface area is 122 Å². The van der Waals surface area contributed by atoms with Crippen LogP contribution < -0.4 is 20.5 Å². The predicted octanol–water partition coefficient (Wildman–Crippen LogP) is 1.25. The average Bonchev–Trinajstić information content (AvgIpc) is 2.44. The van der Waals surface area contributed by atoms with Gasteiger partial charge in [0.1, 0.15) is 11.5 Å². The van der Waals surface area contributed by atoms with Gasteiger partial charge in [0, 0.05) is 6.07 Å². The summed E-state index contributed by atoms with van der Waals surface area (Å²) in [6.07, 6.45) is 0.457. The Balaban J connectivity index is 2.86. The standard InChI is InChI=1S/C14H18N2O5/c1-3-6-20-11-5-4-10(8-17)12(7-11)21-9(2)13(18)16-14(15)19/h4-5,7-9H,3,6H2,1-2H3,(H3,15,16,18,19)/t9-/m0/s1. The maximum absolute atomic E-state index is 11.6. The third-order valence-corrected chi connectivity index (χ3v) is 2.50. The lowest BCUT2D eigenvalue weighted by molar-refractivity contribution is -0.126. The maximum atomic E-state index is 11.6. The summed E-state index contributed by atoms with van der Waals surface area (Å²) in [7, 11) is 0. The van der Waals surface area contributed by atoms with Crippen LogP contribution in [0.4, 0.5) is 4.79 Å². The number of nitrogens with two attached hydrogens (primary N) is 1. The van der Waals surface area contributed by atoms with E-state index in [4.69, 9.17) is 15.2 Å². The van der Waals surface area contributed by atoms with E-state index in [0.717, 1.165) is 6.42 Å². The maximum Gasteiger partial charge on any atom is 0.318 e. The van der Waals surface area contributed by atoms with Gasteiger partial charge in [-0.1, -0.05) is 6.92 Å². The van der Waals surface area contributed by atoms with Gasteiger partial charge < -0.3 is 15.2 Å². The highest BCUT2D eigenvalue weighted by Crippen LogP contribution is 2.25. The molecule has 0 aliphatic rings. The molecule has 3 N–H and O–H groups in total. The molecule has 3 amide bonds. The Morgan fingerprint density at radius 3 is 2.71 bits per heavy atom. The lowest BCUT2D eigenvalue weighted by Crippen LogP contribution is -2.42. The summed E-state index contributed by atoms with van der Waals surface area (Å²) >= 11 is 0. The van der Waals surface area contributed by atoms with E-state index in [1.165, 1.54) is 19.1 Å². The second kappa shape index (κ2) is 7.88. The van der Waals surface area contributed by atoms with Crippen molar-refractivity contribution in [2.24, 2.45) is 5.73 Å². The van der Waals surface area contributed by atoms with Crippen LogP contribution in [-0.2, 0) is 4.79 Å². The molecule has 1 atom stereocenters. The zero-order chi connectivity index (χ0) is 15.8. The number of hydrogen-bond donors (Lipinski definition) is 2. The highest BCUT2D eigenvalue weighted by molar-refractivity contribution is 5.95. The zero-order valence-corrected chi connectivity index (χ0v) is 11.9. The number of nitrogens with one attached hydrogen (secondary N) is 1. The molecular weight excluding hydrogens is 276 g/mol. The van der Waals surface area contributed by atoms with E-state index in [9.17, 15) is 14.4 Å². The van der Waals surface area contributed by atoms with Gasteiger partial charge in [0.15, 0.2) is 12.4 Å². The number of benzene rings is 1. The van der Waals surface area contributed by atoms with Gasteiger partial charge in [-0.3, -0.25) is 14.9 Å². The first-order chi connectivity index (χ1) is 9.97. The lowest BCUT2D eigenvalue weighted by atomic mass is 10.2. The molecule has 1 aromatic carbocycles. The van der Waals surface area contributed by atoms with Crippen LogP contribution in [0.15, 0.2) is 18.2 Å². The fourth-order valence-electron chi connectivity index (χ4n) is 1.49. The van der Waals surface area contributed by atoms with E-state index >= 15 is 0 Å². The number of amides is 3. The second-order valence-electron chi connectivity index (χ2n) is 4.28. The Bertz CT molecular complexity index is 530. The first kappa shape index (κ1) is 16.5. The van der Waals surface area contributed by atoms with Gasteiger partial charge in [0.25, 0.3) is 5.91 Å². The highest BCUT2D eigenvalue weighted by Gasteiger charge is 2.18. The van der Waals surface area contributed by atoms with Crippen molar-refractivity contribution in [3.8, 4) is 11.5 Å². The quantitative estimate of drug-likeness (QED) is 0.736. The van der Waals surface area contributed by atoms with Gasteiger partial charge in [-0.15, -0.1) is 0 Å². The second-order valence-corrected chi connectivity index (χ2v) is 4.28. The number of imide groups is 1. The van der Waals surface area contributed by atoms with Crippen molar-refractivity contribution in [2.75, 3.05) is 6.61 Å². The molecule has 0 aliphatic heterocycles. The summed E-state index contributed by atoms with van der Waals surface area (Å²) in [6, 6.07) is 3.73.